The van der Waals surface area contributed by atoms with Gasteiger partial charge in [-0.3, -0.25) is 0 Å². The van der Waals surface area contributed by atoms with Crippen LogP contribution >= 0.6 is 0 Å². The molecule has 0 bridgehead atoms. The topological polar surface area (TPSA) is 30.5 Å². The maximum absolute atomic E-state index is 5.67. The molecule has 3 nitrogen and oxygen atoms in total. The average molecular weight is 215 g/mol. The van der Waals surface area contributed by atoms with Crippen molar-refractivity contribution in [3.63, 3.8) is 0 Å². The van der Waals surface area contributed by atoms with Gasteiger partial charge in [-0.1, -0.05) is 13.3 Å². The van der Waals surface area contributed by atoms with E-state index in [1.54, 1.807) is 0 Å². The first-order valence-electron chi connectivity index (χ1n) is 6.30. The first kappa shape index (κ1) is 12.9. The van der Waals surface area contributed by atoms with Gasteiger partial charge in [0.05, 0.1) is 6.04 Å². The van der Waals surface area contributed by atoms with Crippen LogP contribution in [0.15, 0.2) is 0 Å². The summed E-state index contributed by atoms with van der Waals surface area (Å²) in [5.74, 6) is 0.744. The highest BCUT2D eigenvalue weighted by Gasteiger charge is 2.33. The lowest BCUT2D eigenvalue weighted by Crippen LogP contribution is -2.50. The summed E-state index contributed by atoms with van der Waals surface area (Å²) < 4.78 is 11.3. The lowest BCUT2D eigenvalue weighted by molar-refractivity contribution is -0.167. The van der Waals surface area contributed by atoms with Crippen molar-refractivity contribution >= 4 is 0 Å². The molecule has 0 aromatic heterocycles. The Kier molecular flexibility index (Phi) is 6.22. The molecule has 15 heavy (non-hydrogen) atoms. The van der Waals surface area contributed by atoms with Crippen LogP contribution in [-0.4, -0.2) is 32.1 Å². The summed E-state index contributed by atoms with van der Waals surface area (Å²) in [4.78, 5) is 0. The van der Waals surface area contributed by atoms with Crippen molar-refractivity contribution in [2.45, 2.75) is 52.4 Å². The van der Waals surface area contributed by atoms with Crippen molar-refractivity contribution < 1.29 is 9.47 Å². The first-order chi connectivity index (χ1) is 7.33. The molecule has 1 N–H and O–H groups in total. The molecule has 1 saturated carbocycles. The van der Waals surface area contributed by atoms with Crippen molar-refractivity contribution in [2.75, 3.05) is 19.8 Å². The molecule has 0 aromatic carbocycles. The van der Waals surface area contributed by atoms with Gasteiger partial charge in [-0.15, -0.1) is 0 Å². The third-order valence-electron chi connectivity index (χ3n) is 3.05. The second-order valence-corrected chi connectivity index (χ2v) is 4.05. The lowest BCUT2D eigenvalue weighted by Gasteiger charge is -2.38. The van der Waals surface area contributed by atoms with Crippen LogP contribution in [0.4, 0.5) is 0 Å². The fourth-order valence-electron chi connectivity index (χ4n) is 2.10. The predicted molar refractivity (Wildman–Crippen MR) is 61.8 cm³/mol. The number of hydrogen-bond donors (Lipinski definition) is 1. The number of nitrogens with one attached hydrogen (secondary N) is 1. The molecule has 1 fully saturated rings. The van der Waals surface area contributed by atoms with Gasteiger partial charge in [-0.05, 0) is 39.2 Å². The predicted octanol–water partition coefficient (Wildman–Crippen LogP) is 2.16. The SMILES string of the molecule is CCNC(C1CCC1)C(OCC)OCC. The molecule has 1 rings (SSSR count). The minimum Gasteiger partial charge on any atom is -0.351 e. The summed E-state index contributed by atoms with van der Waals surface area (Å²) in [5, 5.41) is 3.50. The van der Waals surface area contributed by atoms with Crippen LogP contribution in [0.25, 0.3) is 0 Å². The second-order valence-electron chi connectivity index (χ2n) is 4.05. The largest absolute Gasteiger partial charge is 0.351 e. The van der Waals surface area contributed by atoms with E-state index >= 15 is 0 Å². The first-order valence-corrected chi connectivity index (χ1v) is 6.30. The van der Waals surface area contributed by atoms with E-state index in [4.69, 9.17) is 9.47 Å². The zero-order chi connectivity index (χ0) is 11.1. The Hall–Kier alpha value is -0.120. The molecule has 3 heteroatoms. The molecule has 1 unspecified atom stereocenters. The van der Waals surface area contributed by atoms with Crippen LogP contribution in [0.1, 0.15) is 40.0 Å². The van der Waals surface area contributed by atoms with E-state index in [0.29, 0.717) is 6.04 Å². The van der Waals surface area contributed by atoms with Crippen LogP contribution in [0.3, 0.4) is 0 Å². The molecule has 1 aliphatic rings. The van der Waals surface area contributed by atoms with E-state index in [1.165, 1.54) is 19.3 Å². The zero-order valence-corrected chi connectivity index (χ0v) is 10.3. The maximum Gasteiger partial charge on any atom is 0.172 e. The van der Waals surface area contributed by atoms with Gasteiger partial charge >= 0.3 is 0 Å². The van der Waals surface area contributed by atoms with E-state index in [9.17, 15) is 0 Å². The Balaban J connectivity index is 2.47. The van der Waals surface area contributed by atoms with Gasteiger partial charge < -0.3 is 14.8 Å². The Morgan fingerprint density at radius 1 is 1.13 bits per heavy atom. The summed E-state index contributed by atoms with van der Waals surface area (Å²) in [5.41, 5.74) is 0. The number of rotatable bonds is 8. The van der Waals surface area contributed by atoms with Gasteiger partial charge in [0.15, 0.2) is 6.29 Å². The summed E-state index contributed by atoms with van der Waals surface area (Å²) in [6, 6.07) is 0.378. The average Bonchev–Trinajstić information content (AvgIpc) is 2.14. The van der Waals surface area contributed by atoms with E-state index in [1.807, 2.05) is 13.8 Å². The van der Waals surface area contributed by atoms with E-state index in [2.05, 4.69) is 12.2 Å². The fourth-order valence-corrected chi connectivity index (χ4v) is 2.10. The van der Waals surface area contributed by atoms with Crippen molar-refractivity contribution in [3.05, 3.63) is 0 Å². The molecular weight excluding hydrogens is 190 g/mol. The van der Waals surface area contributed by atoms with Gasteiger partial charge in [0, 0.05) is 13.2 Å². The van der Waals surface area contributed by atoms with Crippen LogP contribution in [0, 0.1) is 5.92 Å². The molecule has 1 atom stereocenters. The van der Waals surface area contributed by atoms with Crippen molar-refractivity contribution in [2.24, 2.45) is 5.92 Å². The van der Waals surface area contributed by atoms with Crippen molar-refractivity contribution in [3.8, 4) is 0 Å². The Bertz CT molecular complexity index is 154. The smallest absolute Gasteiger partial charge is 0.172 e. The van der Waals surface area contributed by atoms with E-state index in [0.717, 1.165) is 25.7 Å². The molecule has 0 spiro atoms. The third kappa shape index (κ3) is 3.74. The molecule has 0 amide bonds. The van der Waals surface area contributed by atoms with Crippen molar-refractivity contribution in [1.82, 2.24) is 5.32 Å². The monoisotopic (exact) mass is 215 g/mol. The van der Waals surface area contributed by atoms with E-state index in [-0.39, 0.29) is 6.29 Å². The van der Waals surface area contributed by atoms with E-state index < -0.39 is 0 Å². The molecule has 0 heterocycles. The summed E-state index contributed by atoms with van der Waals surface area (Å²) in [6.45, 7) is 8.61. The van der Waals surface area contributed by atoms with Gasteiger partial charge in [0.1, 0.15) is 0 Å². The van der Waals surface area contributed by atoms with Crippen LogP contribution in [0.5, 0.6) is 0 Å². The zero-order valence-electron chi connectivity index (χ0n) is 10.3. The molecule has 0 aromatic rings. The summed E-state index contributed by atoms with van der Waals surface area (Å²) in [6.07, 6.45) is 3.92. The lowest BCUT2D eigenvalue weighted by atomic mass is 9.79. The number of likely N-dealkylation sites (N-methyl/N-ethyl adjacent to an activating group) is 1. The summed E-state index contributed by atoms with van der Waals surface area (Å²) >= 11 is 0. The van der Waals surface area contributed by atoms with Gasteiger partial charge in [-0.25, -0.2) is 0 Å². The molecule has 0 aliphatic heterocycles. The Morgan fingerprint density at radius 3 is 2.07 bits per heavy atom. The quantitative estimate of drug-likeness (QED) is 0.629. The maximum atomic E-state index is 5.67. The van der Waals surface area contributed by atoms with Crippen LogP contribution in [0.2, 0.25) is 0 Å². The van der Waals surface area contributed by atoms with Crippen LogP contribution < -0.4 is 5.32 Å². The van der Waals surface area contributed by atoms with Gasteiger partial charge in [0.25, 0.3) is 0 Å². The third-order valence-corrected chi connectivity index (χ3v) is 3.05. The fraction of sp³-hybridized carbons (Fsp3) is 1.00. The minimum atomic E-state index is -0.0646. The highest BCUT2D eigenvalue weighted by molar-refractivity contribution is 4.85. The minimum absolute atomic E-state index is 0.0646. The summed E-state index contributed by atoms with van der Waals surface area (Å²) in [7, 11) is 0. The van der Waals surface area contributed by atoms with Crippen molar-refractivity contribution in [1.29, 1.82) is 0 Å². The Morgan fingerprint density at radius 2 is 1.73 bits per heavy atom. The molecule has 90 valence electrons. The molecule has 0 saturated heterocycles. The highest BCUT2D eigenvalue weighted by Crippen LogP contribution is 2.31. The number of ether oxygens (including phenoxy) is 2. The second kappa shape index (κ2) is 7.20. The highest BCUT2D eigenvalue weighted by atomic mass is 16.7. The number of hydrogen-bond acceptors (Lipinski definition) is 3. The molecule has 0 radical (unpaired) electrons. The van der Waals surface area contributed by atoms with Gasteiger partial charge in [-0.2, -0.15) is 0 Å². The van der Waals surface area contributed by atoms with Crippen LogP contribution in [-0.2, 0) is 9.47 Å². The molecular formula is C12H25NO2. The standard InChI is InChI=1S/C12H25NO2/c1-4-13-11(10-8-7-9-10)12(14-5-2)15-6-3/h10-13H,4-9H2,1-3H3. The Labute approximate surface area is 93.5 Å². The molecule has 1 aliphatic carbocycles. The van der Waals surface area contributed by atoms with Gasteiger partial charge in [0.2, 0.25) is 0 Å². The normalized spacial score (nSPS) is 19.2.